The van der Waals surface area contributed by atoms with Crippen LogP contribution in [0.15, 0.2) is 30.3 Å². The SMILES string of the molecule is CC(=O)N(CCc1ccccc1)CC(=O)N1CCC(C(=O)O)C1C. The van der Waals surface area contributed by atoms with Crippen molar-refractivity contribution in [1.82, 2.24) is 9.80 Å². The zero-order valence-corrected chi connectivity index (χ0v) is 14.1. The minimum absolute atomic E-state index is 0.00114. The molecule has 0 radical (unpaired) electrons. The Kier molecular flexibility index (Phi) is 5.95. The number of nitrogens with zero attached hydrogens (tertiary/aromatic N) is 2. The summed E-state index contributed by atoms with van der Waals surface area (Å²) in [5.74, 6) is -1.73. The number of carbonyl (C=O) groups excluding carboxylic acids is 2. The molecule has 6 heteroatoms. The van der Waals surface area contributed by atoms with Gasteiger partial charge in [0.05, 0.1) is 12.5 Å². The highest BCUT2D eigenvalue weighted by molar-refractivity contribution is 5.85. The molecule has 6 nitrogen and oxygen atoms in total. The second kappa shape index (κ2) is 7.95. The lowest BCUT2D eigenvalue weighted by atomic mass is 10.0. The van der Waals surface area contributed by atoms with Crippen molar-refractivity contribution >= 4 is 17.8 Å². The Labute approximate surface area is 142 Å². The number of carbonyl (C=O) groups is 3. The van der Waals surface area contributed by atoms with Crippen molar-refractivity contribution in [1.29, 1.82) is 0 Å². The standard InChI is InChI=1S/C18H24N2O4/c1-13-16(18(23)24)9-11-20(13)17(22)12-19(14(2)21)10-8-15-6-4-3-5-7-15/h3-7,13,16H,8-12H2,1-2H3,(H,23,24). The van der Waals surface area contributed by atoms with Crippen LogP contribution in [0.3, 0.4) is 0 Å². The summed E-state index contributed by atoms with van der Waals surface area (Å²) in [6.45, 7) is 4.10. The predicted molar refractivity (Wildman–Crippen MR) is 89.3 cm³/mol. The third kappa shape index (κ3) is 4.34. The molecule has 24 heavy (non-hydrogen) atoms. The van der Waals surface area contributed by atoms with Gasteiger partial charge in [-0.3, -0.25) is 14.4 Å². The fourth-order valence-corrected chi connectivity index (χ4v) is 3.13. The lowest BCUT2D eigenvalue weighted by Gasteiger charge is -2.27. The molecule has 0 bridgehead atoms. The van der Waals surface area contributed by atoms with E-state index in [0.29, 0.717) is 25.9 Å². The third-order valence-electron chi connectivity index (χ3n) is 4.68. The Morgan fingerprint density at radius 2 is 1.92 bits per heavy atom. The minimum atomic E-state index is -0.870. The molecule has 1 fully saturated rings. The third-order valence-corrected chi connectivity index (χ3v) is 4.68. The lowest BCUT2D eigenvalue weighted by molar-refractivity contribution is -0.144. The Hall–Kier alpha value is -2.37. The zero-order valence-electron chi connectivity index (χ0n) is 14.1. The van der Waals surface area contributed by atoms with Crippen molar-refractivity contribution in [2.75, 3.05) is 19.6 Å². The largest absolute Gasteiger partial charge is 0.481 e. The maximum Gasteiger partial charge on any atom is 0.308 e. The molecule has 0 spiro atoms. The second-order valence-corrected chi connectivity index (χ2v) is 6.24. The van der Waals surface area contributed by atoms with Gasteiger partial charge >= 0.3 is 5.97 Å². The average Bonchev–Trinajstić information content (AvgIpc) is 2.93. The molecule has 2 rings (SSSR count). The van der Waals surface area contributed by atoms with Gasteiger partial charge in [0.15, 0.2) is 0 Å². The quantitative estimate of drug-likeness (QED) is 0.854. The van der Waals surface area contributed by atoms with Gasteiger partial charge in [0.25, 0.3) is 0 Å². The van der Waals surface area contributed by atoms with Crippen LogP contribution in [0.1, 0.15) is 25.8 Å². The van der Waals surface area contributed by atoms with Crippen LogP contribution in [0.2, 0.25) is 0 Å². The van der Waals surface area contributed by atoms with E-state index in [2.05, 4.69) is 0 Å². The molecule has 2 atom stereocenters. The first-order valence-corrected chi connectivity index (χ1v) is 8.22. The predicted octanol–water partition coefficient (Wildman–Crippen LogP) is 1.40. The number of carboxylic acids is 1. The summed E-state index contributed by atoms with van der Waals surface area (Å²) in [6.07, 6.45) is 1.15. The molecular formula is C18H24N2O4. The van der Waals surface area contributed by atoms with Crippen LogP contribution in [-0.2, 0) is 20.8 Å². The molecule has 1 aliphatic rings. The molecule has 0 saturated carbocycles. The van der Waals surface area contributed by atoms with Crippen LogP contribution in [0.25, 0.3) is 0 Å². The fraction of sp³-hybridized carbons (Fsp3) is 0.500. The van der Waals surface area contributed by atoms with Crippen LogP contribution in [-0.4, -0.2) is 58.4 Å². The van der Waals surface area contributed by atoms with E-state index in [0.717, 1.165) is 5.56 Å². The Bertz CT molecular complexity index is 602. The minimum Gasteiger partial charge on any atom is -0.481 e. The lowest BCUT2D eigenvalue weighted by Crippen LogP contribution is -2.45. The van der Waals surface area contributed by atoms with Crippen LogP contribution in [0, 0.1) is 5.92 Å². The van der Waals surface area contributed by atoms with Gasteiger partial charge in [0, 0.05) is 26.1 Å². The Morgan fingerprint density at radius 3 is 2.46 bits per heavy atom. The summed E-state index contributed by atoms with van der Waals surface area (Å²) < 4.78 is 0. The van der Waals surface area contributed by atoms with E-state index in [-0.39, 0.29) is 24.4 Å². The smallest absolute Gasteiger partial charge is 0.308 e. The zero-order chi connectivity index (χ0) is 17.7. The number of hydrogen-bond donors (Lipinski definition) is 1. The molecule has 1 aromatic carbocycles. The number of amides is 2. The number of rotatable bonds is 6. The van der Waals surface area contributed by atoms with Crippen molar-refractivity contribution in [2.24, 2.45) is 5.92 Å². The number of likely N-dealkylation sites (tertiary alicyclic amines) is 1. The summed E-state index contributed by atoms with van der Waals surface area (Å²) in [5, 5.41) is 9.16. The van der Waals surface area contributed by atoms with E-state index in [4.69, 9.17) is 5.11 Å². The van der Waals surface area contributed by atoms with Crippen molar-refractivity contribution in [3.05, 3.63) is 35.9 Å². The molecule has 1 aromatic rings. The summed E-state index contributed by atoms with van der Waals surface area (Å²) in [4.78, 5) is 38.6. The van der Waals surface area contributed by atoms with E-state index in [1.807, 2.05) is 30.3 Å². The summed E-state index contributed by atoms with van der Waals surface area (Å²) >= 11 is 0. The molecule has 0 aliphatic carbocycles. The van der Waals surface area contributed by atoms with Crippen molar-refractivity contribution < 1.29 is 19.5 Å². The first-order valence-electron chi connectivity index (χ1n) is 8.22. The normalized spacial score (nSPS) is 20.0. The first-order chi connectivity index (χ1) is 11.4. The van der Waals surface area contributed by atoms with Crippen LogP contribution >= 0.6 is 0 Å². The van der Waals surface area contributed by atoms with Gasteiger partial charge in [-0.1, -0.05) is 30.3 Å². The number of aliphatic carboxylic acids is 1. The summed E-state index contributed by atoms with van der Waals surface area (Å²) in [6, 6.07) is 9.45. The van der Waals surface area contributed by atoms with Gasteiger partial charge in [0.1, 0.15) is 0 Å². The number of benzene rings is 1. The van der Waals surface area contributed by atoms with Crippen molar-refractivity contribution in [2.45, 2.75) is 32.7 Å². The van der Waals surface area contributed by atoms with Gasteiger partial charge in [-0.05, 0) is 25.3 Å². The Balaban J connectivity index is 1.94. The maximum absolute atomic E-state index is 12.5. The van der Waals surface area contributed by atoms with E-state index in [1.54, 1.807) is 11.8 Å². The Morgan fingerprint density at radius 1 is 1.25 bits per heavy atom. The molecular weight excluding hydrogens is 308 g/mol. The van der Waals surface area contributed by atoms with Crippen LogP contribution in [0.4, 0.5) is 0 Å². The molecule has 2 amide bonds. The summed E-state index contributed by atoms with van der Waals surface area (Å²) in [7, 11) is 0. The molecule has 0 aromatic heterocycles. The van der Waals surface area contributed by atoms with E-state index < -0.39 is 11.9 Å². The molecule has 1 saturated heterocycles. The van der Waals surface area contributed by atoms with E-state index >= 15 is 0 Å². The van der Waals surface area contributed by atoms with Gasteiger partial charge in [-0.25, -0.2) is 0 Å². The highest BCUT2D eigenvalue weighted by Crippen LogP contribution is 2.24. The van der Waals surface area contributed by atoms with Gasteiger partial charge in [0.2, 0.25) is 11.8 Å². The highest BCUT2D eigenvalue weighted by Gasteiger charge is 2.38. The number of hydrogen-bond acceptors (Lipinski definition) is 3. The monoisotopic (exact) mass is 332 g/mol. The molecule has 2 unspecified atom stereocenters. The van der Waals surface area contributed by atoms with Gasteiger partial charge in [-0.2, -0.15) is 0 Å². The number of carboxylic acid groups (broad SMARTS) is 1. The molecule has 1 N–H and O–H groups in total. The van der Waals surface area contributed by atoms with Gasteiger partial charge < -0.3 is 14.9 Å². The molecule has 1 heterocycles. The molecule has 1 aliphatic heterocycles. The average molecular weight is 332 g/mol. The highest BCUT2D eigenvalue weighted by atomic mass is 16.4. The van der Waals surface area contributed by atoms with Crippen LogP contribution in [0.5, 0.6) is 0 Å². The molecule has 130 valence electrons. The van der Waals surface area contributed by atoms with Crippen molar-refractivity contribution in [3.8, 4) is 0 Å². The van der Waals surface area contributed by atoms with E-state index in [1.165, 1.54) is 11.8 Å². The second-order valence-electron chi connectivity index (χ2n) is 6.24. The van der Waals surface area contributed by atoms with Crippen LogP contribution < -0.4 is 0 Å². The first kappa shape index (κ1) is 18.0. The fourth-order valence-electron chi connectivity index (χ4n) is 3.13. The van der Waals surface area contributed by atoms with E-state index in [9.17, 15) is 14.4 Å². The summed E-state index contributed by atoms with van der Waals surface area (Å²) in [5.41, 5.74) is 1.11. The van der Waals surface area contributed by atoms with Gasteiger partial charge in [-0.15, -0.1) is 0 Å². The van der Waals surface area contributed by atoms with Crippen molar-refractivity contribution in [3.63, 3.8) is 0 Å². The topological polar surface area (TPSA) is 77.9 Å². The maximum atomic E-state index is 12.5.